The highest BCUT2D eigenvalue weighted by Gasteiger charge is 2.75. The molecule has 2 aliphatic heterocycles. The Labute approximate surface area is 156 Å². The van der Waals surface area contributed by atoms with Gasteiger partial charge in [0, 0.05) is 12.6 Å². The SMILES string of the molecule is CCC1(C(=O)O)C(C(F)(F)F)N=C(C(F)(F)Cl)C(C)(C(=O)O)C1N1CC1C. The largest absolute Gasteiger partial charge is 0.481 e. The third-order valence-corrected chi connectivity index (χ3v) is 5.70. The van der Waals surface area contributed by atoms with Crippen LogP contribution < -0.4 is 0 Å². The minimum atomic E-state index is -5.31. The van der Waals surface area contributed by atoms with Crippen LogP contribution in [0, 0.1) is 10.8 Å². The van der Waals surface area contributed by atoms with Gasteiger partial charge in [0.1, 0.15) is 16.5 Å². The normalized spacial score (nSPS) is 39.7. The van der Waals surface area contributed by atoms with Crippen LogP contribution in [0.5, 0.6) is 0 Å². The maximum absolute atomic E-state index is 14.0. The van der Waals surface area contributed by atoms with Gasteiger partial charge in [0.15, 0.2) is 6.04 Å². The van der Waals surface area contributed by atoms with E-state index in [0.717, 1.165) is 13.8 Å². The second-order valence-electron chi connectivity index (χ2n) is 7.07. The average Bonchev–Trinajstić information content (AvgIpc) is 3.19. The highest BCUT2D eigenvalue weighted by molar-refractivity contribution is 6.36. The average molecular weight is 421 g/mol. The number of hydrogen-bond donors (Lipinski definition) is 2. The molecule has 0 bridgehead atoms. The first-order chi connectivity index (χ1) is 12.1. The van der Waals surface area contributed by atoms with Crippen molar-refractivity contribution in [1.29, 1.82) is 0 Å². The van der Waals surface area contributed by atoms with Crippen LogP contribution in [0.4, 0.5) is 22.0 Å². The molecule has 2 heterocycles. The standard InChI is InChI=1S/C15H18ClF5N2O4/c1-4-13(11(26)27)8(15(19,20)21)22-7(14(16,17)18)12(3,10(24)25)9(13)23-5-6(23)2/h6,8-9H,4-5H2,1-3H3,(H,24,25)(H,26,27). The lowest BCUT2D eigenvalue weighted by Gasteiger charge is -2.52. The molecule has 0 saturated carbocycles. The molecule has 0 spiro atoms. The van der Waals surface area contributed by atoms with Crippen LogP contribution in [-0.2, 0) is 9.59 Å². The Morgan fingerprint density at radius 1 is 1.26 bits per heavy atom. The van der Waals surface area contributed by atoms with Gasteiger partial charge >= 0.3 is 23.5 Å². The first kappa shape index (κ1) is 21.8. The van der Waals surface area contributed by atoms with Crippen molar-refractivity contribution in [3.63, 3.8) is 0 Å². The van der Waals surface area contributed by atoms with Gasteiger partial charge in [0.05, 0.1) is 6.04 Å². The summed E-state index contributed by atoms with van der Waals surface area (Å²) in [5, 5.41) is 14.9. The number of aliphatic carboxylic acids is 2. The Kier molecular flexibility index (Phi) is 5.06. The van der Waals surface area contributed by atoms with Crippen LogP contribution in [0.25, 0.3) is 0 Å². The summed E-state index contributed by atoms with van der Waals surface area (Å²) < 4.78 is 69.1. The summed E-state index contributed by atoms with van der Waals surface area (Å²) in [6, 6.07) is -5.47. The molecular formula is C15H18ClF5N2O4. The molecule has 2 aliphatic rings. The Morgan fingerprint density at radius 2 is 1.74 bits per heavy atom. The lowest BCUT2D eigenvalue weighted by molar-refractivity contribution is -0.206. The Bertz CT molecular complexity index is 695. The molecule has 154 valence electrons. The highest BCUT2D eigenvalue weighted by atomic mass is 35.5. The number of carbonyl (C=O) groups is 2. The van der Waals surface area contributed by atoms with Crippen molar-refractivity contribution in [2.75, 3.05) is 6.54 Å². The lowest BCUT2D eigenvalue weighted by Crippen LogP contribution is -2.71. The number of halogens is 6. The second-order valence-corrected chi connectivity index (χ2v) is 7.55. The van der Waals surface area contributed by atoms with Crippen molar-refractivity contribution in [1.82, 2.24) is 4.90 Å². The van der Waals surface area contributed by atoms with Gasteiger partial charge in [0.2, 0.25) is 0 Å². The van der Waals surface area contributed by atoms with Crippen molar-refractivity contribution in [3.8, 4) is 0 Å². The summed E-state index contributed by atoms with van der Waals surface area (Å²) in [6.45, 7) is 3.47. The number of rotatable bonds is 5. The zero-order valence-electron chi connectivity index (χ0n) is 14.5. The molecule has 0 radical (unpaired) electrons. The third kappa shape index (κ3) is 3.08. The van der Waals surface area contributed by atoms with Crippen molar-refractivity contribution < 1.29 is 41.8 Å². The van der Waals surface area contributed by atoms with E-state index in [1.165, 1.54) is 11.8 Å². The van der Waals surface area contributed by atoms with Crippen LogP contribution in [0.3, 0.4) is 0 Å². The van der Waals surface area contributed by atoms with Crippen molar-refractivity contribution in [3.05, 3.63) is 0 Å². The molecule has 2 rings (SSSR count). The molecule has 1 fully saturated rings. The predicted molar refractivity (Wildman–Crippen MR) is 84.1 cm³/mol. The first-order valence-corrected chi connectivity index (χ1v) is 8.38. The van der Waals surface area contributed by atoms with Crippen molar-refractivity contribution in [2.24, 2.45) is 15.8 Å². The van der Waals surface area contributed by atoms with Crippen LogP contribution in [0.1, 0.15) is 27.2 Å². The zero-order valence-corrected chi connectivity index (χ0v) is 15.3. The molecular weight excluding hydrogens is 403 g/mol. The van der Waals surface area contributed by atoms with Crippen LogP contribution in [0.15, 0.2) is 4.99 Å². The second kappa shape index (κ2) is 6.26. The fourth-order valence-corrected chi connectivity index (χ4v) is 4.39. The molecule has 12 heteroatoms. The number of aliphatic imine (C=N–C) groups is 1. The number of carboxylic acid groups (broad SMARTS) is 2. The van der Waals surface area contributed by atoms with Gasteiger partial charge in [-0.1, -0.05) is 6.92 Å². The molecule has 0 amide bonds. The molecule has 6 nitrogen and oxygen atoms in total. The lowest BCUT2D eigenvalue weighted by atomic mass is 9.58. The van der Waals surface area contributed by atoms with Gasteiger partial charge in [-0.2, -0.15) is 22.0 Å². The van der Waals surface area contributed by atoms with Crippen LogP contribution in [-0.4, -0.2) is 69.0 Å². The number of alkyl halides is 6. The summed E-state index contributed by atoms with van der Waals surface area (Å²) in [5.41, 5.74) is -7.21. The minimum Gasteiger partial charge on any atom is -0.481 e. The number of hydrogen-bond acceptors (Lipinski definition) is 4. The predicted octanol–water partition coefficient (Wildman–Crippen LogP) is 2.85. The first-order valence-electron chi connectivity index (χ1n) is 8.00. The number of carboxylic acids is 2. The summed E-state index contributed by atoms with van der Waals surface area (Å²) in [5.74, 6) is -3.88. The van der Waals surface area contributed by atoms with Gasteiger partial charge < -0.3 is 10.2 Å². The zero-order chi connectivity index (χ0) is 21.2. The van der Waals surface area contributed by atoms with E-state index in [1.54, 1.807) is 0 Å². The fourth-order valence-electron chi connectivity index (χ4n) is 4.14. The van der Waals surface area contributed by atoms with Gasteiger partial charge in [-0.05, 0) is 31.9 Å². The molecule has 1 saturated heterocycles. The molecule has 0 aromatic carbocycles. The van der Waals surface area contributed by atoms with E-state index in [9.17, 15) is 41.8 Å². The van der Waals surface area contributed by atoms with Crippen LogP contribution >= 0.6 is 11.6 Å². The summed E-state index contributed by atoms with van der Waals surface area (Å²) in [4.78, 5) is 28.2. The van der Waals surface area contributed by atoms with Crippen molar-refractivity contribution >= 4 is 29.3 Å². The Hall–Kier alpha value is -1.49. The molecule has 0 aliphatic carbocycles. The van der Waals surface area contributed by atoms with Gasteiger partial charge in [-0.25, -0.2) is 0 Å². The van der Waals surface area contributed by atoms with Crippen molar-refractivity contribution in [2.45, 2.75) is 56.9 Å². The quantitative estimate of drug-likeness (QED) is 0.405. The van der Waals surface area contributed by atoms with E-state index in [-0.39, 0.29) is 6.54 Å². The monoisotopic (exact) mass is 420 g/mol. The molecule has 6 atom stereocenters. The molecule has 6 unspecified atom stereocenters. The van der Waals surface area contributed by atoms with Gasteiger partial charge in [-0.15, -0.1) is 0 Å². The maximum Gasteiger partial charge on any atom is 0.411 e. The molecule has 0 aromatic rings. The van der Waals surface area contributed by atoms with E-state index in [2.05, 4.69) is 4.99 Å². The Balaban J connectivity index is 2.95. The van der Waals surface area contributed by atoms with Gasteiger partial charge in [-0.3, -0.25) is 19.5 Å². The topological polar surface area (TPSA) is 90.0 Å². The Morgan fingerprint density at radius 3 is 2.00 bits per heavy atom. The number of nitrogens with zero attached hydrogens (tertiary/aromatic N) is 2. The minimum absolute atomic E-state index is 0.0638. The van der Waals surface area contributed by atoms with E-state index < -0.39 is 64.6 Å². The molecule has 0 aromatic heterocycles. The van der Waals surface area contributed by atoms with E-state index in [1.807, 2.05) is 0 Å². The van der Waals surface area contributed by atoms with E-state index in [4.69, 9.17) is 11.6 Å². The highest BCUT2D eigenvalue weighted by Crippen LogP contribution is 2.57. The van der Waals surface area contributed by atoms with E-state index in [0.29, 0.717) is 0 Å². The smallest absolute Gasteiger partial charge is 0.411 e. The molecule has 27 heavy (non-hydrogen) atoms. The maximum atomic E-state index is 14.0. The van der Waals surface area contributed by atoms with E-state index >= 15 is 0 Å². The van der Waals surface area contributed by atoms with Crippen LogP contribution in [0.2, 0.25) is 0 Å². The van der Waals surface area contributed by atoms with Gasteiger partial charge in [0.25, 0.3) is 0 Å². The molecule has 2 N–H and O–H groups in total. The summed E-state index contributed by atoms with van der Waals surface area (Å²) in [7, 11) is 0. The fraction of sp³-hybridized carbons (Fsp3) is 0.800. The summed E-state index contributed by atoms with van der Waals surface area (Å²) in [6.07, 6.45) is -5.98. The summed E-state index contributed by atoms with van der Waals surface area (Å²) >= 11 is 4.94. The third-order valence-electron chi connectivity index (χ3n) is 5.52.